The Labute approximate surface area is 106 Å². The fourth-order valence-electron chi connectivity index (χ4n) is 1.74. The monoisotopic (exact) mass is 259 g/mol. The van der Waals surface area contributed by atoms with E-state index in [4.69, 9.17) is 9.84 Å². The summed E-state index contributed by atoms with van der Waals surface area (Å²) in [6.07, 6.45) is 0.310. The highest BCUT2D eigenvalue weighted by Crippen LogP contribution is 2.01. The maximum atomic E-state index is 11.5. The van der Waals surface area contributed by atoms with Gasteiger partial charge in [0.05, 0.1) is 12.7 Å². The third-order valence-electron chi connectivity index (χ3n) is 2.84. The van der Waals surface area contributed by atoms with Gasteiger partial charge in [0.15, 0.2) is 0 Å². The second kappa shape index (κ2) is 7.17. The highest BCUT2D eigenvalue weighted by molar-refractivity contribution is 5.82. The first-order valence-corrected chi connectivity index (χ1v) is 6.10. The molecule has 1 rings (SSSR count). The number of likely N-dealkylation sites (N-methyl/N-ethyl adjacent to an activating group) is 1. The van der Waals surface area contributed by atoms with E-state index in [1.54, 1.807) is 6.92 Å². The van der Waals surface area contributed by atoms with Crippen LogP contribution in [0.15, 0.2) is 0 Å². The van der Waals surface area contributed by atoms with E-state index in [9.17, 15) is 9.59 Å². The molecule has 3 N–H and O–H groups in total. The molecule has 2 atom stereocenters. The van der Waals surface area contributed by atoms with Gasteiger partial charge in [-0.3, -0.25) is 0 Å². The van der Waals surface area contributed by atoms with Crippen molar-refractivity contribution in [2.45, 2.75) is 25.5 Å². The quantitative estimate of drug-likeness (QED) is 0.618. The number of amides is 2. The highest BCUT2D eigenvalue weighted by atomic mass is 16.5. The summed E-state index contributed by atoms with van der Waals surface area (Å²) in [7, 11) is 1.99. The lowest BCUT2D eigenvalue weighted by Gasteiger charge is -2.30. The number of nitrogens with one attached hydrogen (secondary N) is 2. The van der Waals surface area contributed by atoms with E-state index >= 15 is 0 Å². The zero-order chi connectivity index (χ0) is 13.5. The van der Waals surface area contributed by atoms with Crippen LogP contribution in [-0.2, 0) is 9.53 Å². The molecule has 104 valence electrons. The number of carboxylic acid groups (broad SMARTS) is 1. The SMILES string of the molecule is CC[C@@H](NC(=O)NCC1CN(C)CCO1)C(=O)O. The predicted octanol–water partition coefficient (Wildman–Crippen LogP) is -0.521. The largest absolute Gasteiger partial charge is 0.480 e. The Morgan fingerprint density at radius 2 is 2.28 bits per heavy atom. The summed E-state index contributed by atoms with van der Waals surface area (Å²) < 4.78 is 5.48. The molecule has 2 amide bonds. The molecule has 1 aliphatic heterocycles. The van der Waals surface area contributed by atoms with E-state index in [2.05, 4.69) is 15.5 Å². The van der Waals surface area contributed by atoms with Crippen molar-refractivity contribution in [2.75, 3.05) is 33.3 Å². The molecule has 0 radical (unpaired) electrons. The Morgan fingerprint density at radius 3 is 2.83 bits per heavy atom. The van der Waals surface area contributed by atoms with Gasteiger partial charge in [0.1, 0.15) is 6.04 Å². The van der Waals surface area contributed by atoms with Gasteiger partial charge in [-0.05, 0) is 13.5 Å². The van der Waals surface area contributed by atoms with Gasteiger partial charge in [-0.1, -0.05) is 6.92 Å². The zero-order valence-electron chi connectivity index (χ0n) is 10.8. The van der Waals surface area contributed by atoms with E-state index in [0.717, 1.165) is 13.1 Å². The van der Waals surface area contributed by atoms with Crippen LogP contribution in [0.4, 0.5) is 4.79 Å². The fraction of sp³-hybridized carbons (Fsp3) is 0.818. The maximum Gasteiger partial charge on any atom is 0.326 e. The lowest BCUT2D eigenvalue weighted by atomic mass is 10.2. The number of hydrogen-bond donors (Lipinski definition) is 3. The molecule has 0 aromatic carbocycles. The topological polar surface area (TPSA) is 90.9 Å². The maximum absolute atomic E-state index is 11.5. The summed E-state index contributed by atoms with van der Waals surface area (Å²) in [6, 6.07) is -1.32. The van der Waals surface area contributed by atoms with Gasteiger partial charge in [-0.2, -0.15) is 0 Å². The van der Waals surface area contributed by atoms with Crippen molar-refractivity contribution in [1.29, 1.82) is 0 Å². The number of carbonyl (C=O) groups excluding carboxylic acids is 1. The zero-order valence-corrected chi connectivity index (χ0v) is 10.8. The Hall–Kier alpha value is -1.34. The van der Waals surface area contributed by atoms with Crippen LogP contribution in [-0.4, -0.2) is 67.4 Å². The van der Waals surface area contributed by atoms with E-state index in [1.807, 2.05) is 7.05 Å². The van der Waals surface area contributed by atoms with Gasteiger partial charge >= 0.3 is 12.0 Å². The van der Waals surface area contributed by atoms with Gasteiger partial charge in [0, 0.05) is 19.6 Å². The number of rotatable bonds is 5. The molecule has 7 heteroatoms. The van der Waals surface area contributed by atoms with Gasteiger partial charge in [0.2, 0.25) is 0 Å². The molecule has 1 unspecified atom stereocenters. The Kier molecular flexibility index (Phi) is 5.87. The number of aliphatic carboxylic acids is 1. The Balaban J connectivity index is 2.25. The number of morpholine rings is 1. The van der Waals surface area contributed by atoms with Crippen LogP contribution in [0.1, 0.15) is 13.3 Å². The molecule has 0 aromatic heterocycles. The molecule has 0 aromatic rings. The second-order valence-electron chi connectivity index (χ2n) is 4.41. The van der Waals surface area contributed by atoms with Crippen molar-refractivity contribution in [2.24, 2.45) is 0 Å². The first-order chi connectivity index (χ1) is 8.52. The fourth-order valence-corrected chi connectivity index (χ4v) is 1.74. The summed E-state index contributed by atoms with van der Waals surface area (Å²) >= 11 is 0. The number of urea groups is 1. The normalized spacial score (nSPS) is 22.2. The van der Waals surface area contributed by atoms with E-state index in [-0.39, 0.29) is 6.10 Å². The lowest BCUT2D eigenvalue weighted by molar-refractivity contribution is -0.139. The van der Waals surface area contributed by atoms with Gasteiger partial charge in [-0.15, -0.1) is 0 Å². The third-order valence-corrected chi connectivity index (χ3v) is 2.84. The molecule has 18 heavy (non-hydrogen) atoms. The molecular weight excluding hydrogens is 238 g/mol. The molecule has 1 heterocycles. The molecule has 0 bridgehead atoms. The standard InChI is InChI=1S/C11H21N3O4/c1-3-9(10(15)16)13-11(17)12-6-8-7-14(2)4-5-18-8/h8-9H,3-7H2,1-2H3,(H,15,16)(H2,12,13,17)/t8?,9-/m1/s1. The first-order valence-electron chi connectivity index (χ1n) is 6.10. The Bertz CT molecular complexity index is 298. The molecule has 1 saturated heterocycles. The minimum atomic E-state index is -1.03. The highest BCUT2D eigenvalue weighted by Gasteiger charge is 2.20. The number of ether oxygens (including phenoxy) is 1. The second-order valence-corrected chi connectivity index (χ2v) is 4.41. The van der Waals surface area contributed by atoms with Crippen molar-refractivity contribution in [1.82, 2.24) is 15.5 Å². The third kappa shape index (κ3) is 4.89. The van der Waals surface area contributed by atoms with Crippen LogP contribution in [0.25, 0.3) is 0 Å². The first kappa shape index (κ1) is 14.7. The minimum Gasteiger partial charge on any atom is -0.480 e. The lowest BCUT2D eigenvalue weighted by Crippen LogP contribution is -2.50. The predicted molar refractivity (Wildman–Crippen MR) is 65.5 cm³/mol. The molecule has 0 aliphatic carbocycles. The van der Waals surface area contributed by atoms with Crippen LogP contribution < -0.4 is 10.6 Å². The number of hydrogen-bond acceptors (Lipinski definition) is 4. The average molecular weight is 259 g/mol. The summed E-state index contributed by atoms with van der Waals surface area (Å²) in [5, 5.41) is 13.8. The van der Waals surface area contributed by atoms with Gasteiger partial charge in [-0.25, -0.2) is 9.59 Å². The van der Waals surface area contributed by atoms with Crippen molar-refractivity contribution in [3.05, 3.63) is 0 Å². The van der Waals surface area contributed by atoms with E-state index < -0.39 is 18.0 Å². The van der Waals surface area contributed by atoms with Crippen LogP contribution in [0.5, 0.6) is 0 Å². The molecule has 1 fully saturated rings. The minimum absolute atomic E-state index is 0.0422. The molecule has 0 saturated carbocycles. The molecule has 1 aliphatic rings. The van der Waals surface area contributed by atoms with E-state index in [0.29, 0.717) is 19.6 Å². The van der Waals surface area contributed by atoms with Crippen molar-refractivity contribution >= 4 is 12.0 Å². The van der Waals surface area contributed by atoms with Crippen molar-refractivity contribution in [3.63, 3.8) is 0 Å². The molecule has 0 spiro atoms. The molecule has 7 nitrogen and oxygen atoms in total. The van der Waals surface area contributed by atoms with Crippen LogP contribution >= 0.6 is 0 Å². The van der Waals surface area contributed by atoms with Crippen LogP contribution in [0.2, 0.25) is 0 Å². The molecular formula is C11H21N3O4. The van der Waals surface area contributed by atoms with Gasteiger partial charge < -0.3 is 25.4 Å². The number of nitrogens with zero attached hydrogens (tertiary/aromatic N) is 1. The number of carboxylic acids is 1. The average Bonchev–Trinajstić information content (AvgIpc) is 2.33. The number of carbonyl (C=O) groups is 2. The van der Waals surface area contributed by atoms with E-state index in [1.165, 1.54) is 0 Å². The Morgan fingerprint density at radius 1 is 1.56 bits per heavy atom. The smallest absolute Gasteiger partial charge is 0.326 e. The summed E-state index contributed by atoms with van der Waals surface area (Å²) in [5.41, 5.74) is 0. The summed E-state index contributed by atoms with van der Waals surface area (Å²) in [4.78, 5) is 24.4. The van der Waals surface area contributed by atoms with Crippen LogP contribution in [0.3, 0.4) is 0 Å². The summed E-state index contributed by atoms with van der Waals surface area (Å²) in [5.74, 6) is -1.03. The summed E-state index contributed by atoms with van der Waals surface area (Å²) in [6.45, 7) is 4.39. The van der Waals surface area contributed by atoms with Crippen LogP contribution in [0, 0.1) is 0 Å². The van der Waals surface area contributed by atoms with Crippen molar-refractivity contribution in [3.8, 4) is 0 Å². The van der Waals surface area contributed by atoms with Gasteiger partial charge in [0.25, 0.3) is 0 Å². The van der Waals surface area contributed by atoms with Crippen molar-refractivity contribution < 1.29 is 19.4 Å².